The van der Waals surface area contributed by atoms with Crippen LogP contribution in [0.1, 0.15) is 30.3 Å². The predicted molar refractivity (Wildman–Crippen MR) is 109 cm³/mol. The minimum atomic E-state index is -0.872. The van der Waals surface area contributed by atoms with Crippen molar-refractivity contribution in [2.75, 3.05) is 12.4 Å². The van der Waals surface area contributed by atoms with Crippen LogP contribution in [0.15, 0.2) is 59.8 Å². The van der Waals surface area contributed by atoms with Crippen molar-refractivity contribution in [3.8, 4) is 5.75 Å². The number of rotatable bonds is 10. The molecule has 3 aromatic rings. The van der Waals surface area contributed by atoms with E-state index in [2.05, 4.69) is 17.1 Å². The first kappa shape index (κ1) is 19.9. The average molecular weight is 398 g/mol. The van der Waals surface area contributed by atoms with E-state index in [0.717, 1.165) is 29.1 Å². The number of aliphatic carboxylic acids is 1. The van der Waals surface area contributed by atoms with Crippen LogP contribution in [0.4, 0.5) is 0 Å². The van der Waals surface area contributed by atoms with E-state index < -0.39 is 5.97 Å². The summed E-state index contributed by atoms with van der Waals surface area (Å²) in [6, 6.07) is 18.0. The van der Waals surface area contributed by atoms with Crippen molar-refractivity contribution in [2.45, 2.75) is 31.5 Å². The molecule has 6 nitrogen and oxygen atoms in total. The van der Waals surface area contributed by atoms with Crippen molar-refractivity contribution >= 4 is 17.7 Å². The van der Waals surface area contributed by atoms with E-state index >= 15 is 0 Å². The fraction of sp³-hybridized carbons (Fsp3) is 0.286. The van der Waals surface area contributed by atoms with Gasteiger partial charge in [-0.05, 0) is 29.7 Å². The number of carboxylic acids is 1. The second-order valence-electron chi connectivity index (χ2n) is 6.32. The number of ether oxygens (including phenoxy) is 1. The SMILES string of the molecule is CCCOc1ccc(Cc2nnc(SCC(=O)O)n2Cc2ccccc2)cc1. The lowest BCUT2D eigenvalue weighted by Crippen LogP contribution is -2.08. The van der Waals surface area contributed by atoms with Gasteiger partial charge in [0.1, 0.15) is 11.6 Å². The van der Waals surface area contributed by atoms with Gasteiger partial charge in [0.05, 0.1) is 18.9 Å². The third-order valence-electron chi connectivity index (χ3n) is 4.06. The number of thioether (sulfide) groups is 1. The molecule has 0 amide bonds. The summed E-state index contributed by atoms with van der Waals surface area (Å²) in [7, 11) is 0. The molecule has 1 N–H and O–H groups in total. The van der Waals surface area contributed by atoms with Gasteiger partial charge in [0.2, 0.25) is 0 Å². The fourth-order valence-corrected chi connectivity index (χ4v) is 3.39. The predicted octanol–water partition coefficient (Wildman–Crippen LogP) is 3.88. The van der Waals surface area contributed by atoms with Crippen molar-refractivity contribution < 1.29 is 14.6 Å². The second kappa shape index (κ2) is 9.94. The van der Waals surface area contributed by atoms with Gasteiger partial charge in [-0.1, -0.05) is 61.2 Å². The minimum absolute atomic E-state index is 0.0453. The number of hydrogen-bond acceptors (Lipinski definition) is 5. The maximum absolute atomic E-state index is 11.0. The van der Waals surface area contributed by atoms with Gasteiger partial charge < -0.3 is 14.4 Å². The average Bonchev–Trinajstić information content (AvgIpc) is 3.08. The van der Waals surface area contributed by atoms with Crippen molar-refractivity contribution in [2.24, 2.45) is 0 Å². The standard InChI is InChI=1S/C21H23N3O3S/c1-2-12-27-18-10-8-16(9-11-18)13-19-22-23-21(28-15-20(25)26)24(19)14-17-6-4-3-5-7-17/h3-11H,2,12-15H2,1H3,(H,25,26). The maximum Gasteiger partial charge on any atom is 0.313 e. The first-order valence-electron chi connectivity index (χ1n) is 9.18. The first-order valence-corrected chi connectivity index (χ1v) is 10.2. The van der Waals surface area contributed by atoms with Crippen LogP contribution in [-0.4, -0.2) is 38.2 Å². The minimum Gasteiger partial charge on any atom is -0.494 e. The Balaban J connectivity index is 1.80. The quantitative estimate of drug-likeness (QED) is 0.523. The molecule has 0 bridgehead atoms. The Hall–Kier alpha value is -2.80. The van der Waals surface area contributed by atoms with E-state index in [9.17, 15) is 4.79 Å². The third kappa shape index (κ3) is 5.60. The molecule has 0 spiro atoms. The second-order valence-corrected chi connectivity index (χ2v) is 7.26. The van der Waals surface area contributed by atoms with Crippen LogP contribution in [0, 0.1) is 0 Å². The molecule has 0 fully saturated rings. The van der Waals surface area contributed by atoms with Crippen LogP contribution < -0.4 is 4.74 Å². The van der Waals surface area contributed by atoms with Crippen molar-refractivity contribution in [3.05, 3.63) is 71.5 Å². The molecule has 1 heterocycles. The van der Waals surface area contributed by atoms with Gasteiger partial charge in [0.15, 0.2) is 5.16 Å². The first-order chi connectivity index (χ1) is 13.7. The third-order valence-corrected chi connectivity index (χ3v) is 5.01. The number of benzene rings is 2. The molecule has 0 aliphatic rings. The summed E-state index contributed by atoms with van der Waals surface area (Å²) in [5.74, 6) is 0.743. The van der Waals surface area contributed by atoms with E-state index in [-0.39, 0.29) is 5.75 Å². The van der Waals surface area contributed by atoms with Crippen LogP contribution in [-0.2, 0) is 17.8 Å². The van der Waals surface area contributed by atoms with E-state index in [1.807, 2.05) is 59.2 Å². The Kier molecular flexibility index (Phi) is 7.08. The Morgan fingerprint density at radius 1 is 1.07 bits per heavy atom. The monoisotopic (exact) mass is 397 g/mol. The van der Waals surface area contributed by atoms with Gasteiger partial charge in [-0.15, -0.1) is 10.2 Å². The van der Waals surface area contributed by atoms with Gasteiger partial charge >= 0.3 is 5.97 Å². The van der Waals surface area contributed by atoms with E-state index in [1.54, 1.807) is 0 Å². The number of aromatic nitrogens is 3. The fourth-order valence-electron chi connectivity index (χ4n) is 2.71. The van der Waals surface area contributed by atoms with Crippen LogP contribution in [0.5, 0.6) is 5.75 Å². The number of carboxylic acid groups (broad SMARTS) is 1. The molecule has 7 heteroatoms. The van der Waals surface area contributed by atoms with Gasteiger partial charge in [-0.2, -0.15) is 0 Å². The van der Waals surface area contributed by atoms with Crippen LogP contribution in [0.25, 0.3) is 0 Å². The van der Waals surface area contributed by atoms with Crippen LogP contribution >= 0.6 is 11.8 Å². The van der Waals surface area contributed by atoms with Crippen molar-refractivity contribution in [1.29, 1.82) is 0 Å². The molecule has 1 aromatic heterocycles. The lowest BCUT2D eigenvalue weighted by Gasteiger charge is -2.10. The summed E-state index contributed by atoms with van der Waals surface area (Å²) in [5, 5.41) is 18.2. The number of nitrogens with zero attached hydrogens (tertiary/aromatic N) is 3. The molecule has 2 aromatic carbocycles. The zero-order valence-electron chi connectivity index (χ0n) is 15.7. The molecule has 3 rings (SSSR count). The molecule has 0 aliphatic heterocycles. The Labute approximate surface area is 168 Å². The lowest BCUT2D eigenvalue weighted by molar-refractivity contribution is -0.133. The largest absolute Gasteiger partial charge is 0.494 e. The highest BCUT2D eigenvalue weighted by molar-refractivity contribution is 7.99. The summed E-state index contributed by atoms with van der Waals surface area (Å²) in [5.41, 5.74) is 2.21. The normalized spacial score (nSPS) is 10.8. The molecule has 0 aliphatic carbocycles. The van der Waals surface area contributed by atoms with Crippen LogP contribution in [0.3, 0.4) is 0 Å². The van der Waals surface area contributed by atoms with E-state index in [1.165, 1.54) is 11.8 Å². The highest BCUT2D eigenvalue weighted by Gasteiger charge is 2.15. The van der Waals surface area contributed by atoms with Crippen LogP contribution in [0.2, 0.25) is 0 Å². The molecule has 0 saturated heterocycles. The summed E-state index contributed by atoms with van der Waals surface area (Å²) < 4.78 is 7.62. The van der Waals surface area contributed by atoms with Gasteiger partial charge in [0, 0.05) is 6.42 Å². The number of hydrogen-bond donors (Lipinski definition) is 1. The zero-order chi connectivity index (χ0) is 19.8. The summed E-state index contributed by atoms with van der Waals surface area (Å²) in [6.45, 7) is 3.38. The molecule has 0 saturated carbocycles. The highest BCUT2D eigenvalue weighted by Crippen LogP contribution is 2.21. The summed E-state index contributed by atoms with van der Waals surface area (Å²) in [4.78, 5) is 11.0. The smallest absolute Gasteiger partial charge is 0.313 e. The summed E-state index contributed by atoms with van der Waals surface area (Å²) in [6.07, 6.45) is 1.59. The van der Waals surface area contributed by atoms with Gasteiger partial charge in [-0.25, -0.2) is 0 Å². The molecular weight excluding hydrogens is 374 g/mol. The van der Waals surface area contributed by atoms with Crippen molar-refractivity contribution in [3.63, 3.8) is 0 Å². The van der Waals surface area contributed by atoms with E-state index in [0.29, 0.717) is 24.7 Å². The maximum atomic E-state index is 11.0. The lowest BCUT2D eigenvalue weighted by atomic mass is 10.1. The summed E-state index contributed by atoms with van der Waals surface area (Å²) >= 11 is 1.19. The Bertz CT molecular complexity index is 895. The van der Waals surface area contributed by atoms with E-state index in [4.69, 9.17) is 9.84 Å². The molecule has 28 heavy (non-hydrogen) atoms. The topological polar surface area (TPSA) is 77.2 Å². The zero-order valence-corrected chi connectivity index (χ0v) is 16.6. The number of carbonyl (C=O) groups is 1. The molecule has 146 valence electrons. The molecule has 0 radical (unpaired) electrons. The molecule has 0 atom stereocenters. The Morgan fingerprint density at radius 3 is 2.50 bits per heavy atom. The van der Waals surface area contributed by atoms with Crippen molar-refractivity contribution in [1.82, 2.24) is 14.8 Å². The van der Waals surface area contributed by atoms with Gasteiger partial charge in [-0.3, -0.25) is 4.79 Å². The molecule has 0 unspecified atom stereocenters. The molecular formula is C21H23N3O3S. The highest BCUT2D eigenvalue weighted by atomic mass is 32.2. The van der Waals surface area contributed by atoms with Gasteiger partial charge in [0.25, 0.3) is 0 Å². The Morgan fingerprint density at radius 2 is 1.82 bits per heavy atom.